The Morgan fingerprint density at radius 1 is 1.37 bits per heavy atom. The second kappa shape index (κ2) is 8.07. The smallest absolute Gasteiger partial charge is 0.480 e. The third-order valence-electron chi connectivity index (χ3n) is 6.64. The first-order valence-electron chi connectivity index (χ1n) is 11.0. The van der Waals surface area contributed by atoms with Crippen LogP contribution in [0.5, 0.6) is 0 Å². The number of alkyl halides is 2. The highest BCUT2D eigenvalue weighted by Gasteiger charge is 2.55. The minimum atomic E-state index is -3.74. The lowest BCUT2D eigenvalue weighted by Crippen LogP contribution is -2.69. The summed E-state index contributed by atoms with van der Waals surface area (Å²) in [6.45, 7) is 3.40. The van der Waals surface area contributed by atoms with Gasteiger partial charge in [0.2, 0.25) is 5.91 Å². The summed E-state index contributed by atoms with van der Waals surface area (Å²) in [5, 5.41) is 19.9. The molecule has 35 heavy (non-hydrogen) atoms. The number of benzene rings is 1. The number of carbonyl (C=O) groups excluding carboxylic acids is 2. The summed E-state index contributed by atoms with van der Waals surface area (Å²) >= 11 is 0. The zero-order chi connectivity index (χ0) is 25.1. The molecule has 1 aromatic heterocycles. The number of likely N-dealkylation sites (tertiary alicyclic amines) is 1. The minimum absolute atomic E-state index is 0.0316. The van der Waals surface area contributed by atoms with Crippen molar-refractivity contribution < 1.29 is 37.7 Å². The van der Waals surface area contributed by atoms with Crippen LogP contribution in [0.15, 0.2) is 47.6 Å². The maximum atomic E-state index is 13.4. The van der Waals surface area contributed by atoms with Gasteiger partial charge in [0.05, 0.1) is 17.6 Å². The van der Waals surface area contributed by atoms with Crippen LogP contribution in [-0.4, -0.2) is 56.5 Å². The number of halogens is 2. The Morgan fingerprint density at radius 3 is 2.89 bits per heavy atom. The quantitative estimate of drug-likeness (QED) is 0.551. The topological polar surface area (TPSA) is 134 Å². The molecule has 10 nitrogen and oxygen atoms in total. The predicted molar refractivity (Wildman–Crippen MR) is 116 cm³/mol. The van der Waals surface area contributed by atoms with Gasteiger partial charge in [-0.3, -0.25) is 9.89 Å². The minimum Gasteiger partial charge on any atom is -0.480 e. The number of nitrogens with zero attached hydrogens (tertiary/aromatic N) is 2. The van der Waals surface area contributed by atoms with Crippen molar-refractivity contribution in [2.75, 3.05) is 0 Å². The van der Waals surface area contributed by atoms with Crippen molar-refractivity contribution in [1.82, 2.24) is 20.4 Å². The van der Waals surface area contributed by atoms with Gasteiger partial charge >= 0.3 is 18.3 Å². The maximum Gasteiger partial charge on any atom is 0.585 e. The molecule has 3 aliphatic rings. The second-order valence-electron chi connectivity index (χ2n) is 8.93. The van der Waals surface area contributed by atoms with Crippen LogP contribution >= 0.6 is 0 Å². The summed E-state index contributed by atoms with van der Waals surface area (Å²) in [5.41, 5.74) is 2.09. The number of nitrogens with one attached hydrogen (secondary N) is 2. The van der Waals surface area contributed by atoms with Gasteiger partial charge in [-0.25, -0.2) is 14.5 Å². The normalized spacial score (nSPS) is 25.8. The number of carboxylic acids is 1. The van der Waals surface area contributed by atoms with Gasteiger partial charge in [-0.1, -0.05) is 19.1 Å². The average molecular weight is 488 g/mol. The van der Waals surface area contributed by atoms with E-state index in [1.54, 1.807) is 32.2 Å². The van der Waals surface area contributed by atoms with Crippen LogP contribution in [0.4, 0.5) is 13.6 Å². The van der Waals surface area contributed by atoms with E-state index in [9.17, 15) is 28.3 Å². The van der Waals surface area contributed by atoms with Crippen LogP contribution in [0, 0.1) is 11.8 Å². The molecule has 2 aliphatic heterocycles. The molecule has 3 amide bonds. The summed E-state index contributed by atoms with van der Waals surface area (Å²) < 4.78 is 35.8. The van der Waals surface area contributed by atoms with E-state index in [4.69, 9.17) is 0 Å². The van der Waals surface area contributed by atoms with Crippen molar-refractivity contribution in [2.24, 2.45) is 11.8 Å². The number of hydrogen-bond donors (Lipinski definition) is 3. The summed E-state index contributed by atoms with van der Waals surface area (Å²) in [5.74, 6) is -3.15. The molecule has 12 heteroatoms. The van der Waals surface area contributed by atoms with Crippen LogP contribution in [0.2, 0.25) is 0 Å². The number of aromatic amines is 1. The Balaban J connectivity index is 1.30. The van der Waals surface area contributed by atoms with Gasteiger partial charge in [-0.2, -0.15) is 5.10 Å². The van der Waals surface area contributed by atoms with Gasteiger partial charge in [0.1, 0.15) is 5.76 Å². The van der Waals surface area contributed by atoms with E-state index < -0.39 is 42.2 Å². The van der Waals surface area contributed by atoms with E-state index in [1.165, 1.54) is 6.08 Å². The molecule has 1 fully saturated rings. The fourth-order valence-corrected chi connectivity index (χ4v) is 4.93. The van der Waals surface area contributed by atoms with Crippen molar-refractivity contribution in [3.05, 3.63) is 53.1 Å². The van der Waals surface area contributed by atoms with Crippen LogP contribution in [0.25, 0.3) is 10.9 Å². The molecule has 3 N–H and O–H groups in total. The number of urea groups is 1. The number of carboxylic acid groups (broad SMARTS) is 1. The molecule has 1 unspecified atom stereocenters. The molecule has 0 bridgehead atoms. The number of hydrogen-bond acceptors (Lipinski definition) is 6. The molecule has 0 radical (unpaired) electrons. The SMILES string of the molecule is CC1CC2=C(C=C1[C@@H](C)NC(=O)N1C(=O)[C@H](Cc3cccc4[nH]ncc34)[C@H]1C(=O)O)OC(F)(F)O2. The zero-order valence-electron chi connectivity index (χ0n) is 18.7. The number of aliphatic carboxylic acids is 1. The number of rotatable bonds is 5. The predicted octanol–water partition coefficient (Wildman–Crippen LogP) is 2.89. The Bertz CT molecular complexity index is 1300. The lowest BCUT2D eigenvalue weighted by Gasteiger charge is -2.43. The van der Waals surface area contributed by atoms with E-state index in [2.05, 4.69) is 25.0 Å². The first kappa shape index (κ1) is 22.8. The molecule has 0 saturated carbocycles. The fraction of sp³-hybridized carbons (Fsp3) is 0.391. The largest absolute Gasteiger partial charge is 0.585 e. The Morgan fingerprint density at radius 2 is 2.14 bits per heavy atom. The van der Waals surface area contributed by atoms with Gasteiger partial charge in [0.25, 0.3) is 0 Å². The number of allylic oxidation sites excluding steroid dienone is 2. The summed E-state index contributed by atoms with van der Waals surface area (Å²) in [4.78, 5) is 38.5. The van der Waals surface area contributed by atoms with Crippen molar-refractivity contribution in [2.45, 2.75) is 45.1 Å². The number of ether oxygens (including phenoxy) is 2. The van der Waals surface area contributed by atoms with E-state index in [1.807, 2.05) is 6.07 Å². The highest BCUT2D eigenvalue weighted by atomic mass is 19.3. The standard InChI is InChI=1S/C23H22F2N4O6/c1-10-6-17-18(35-23(24,25)34-17)8-13(10)11(2)27-22(33)29-19(21(31)32)14(20(29)30)7-12-4-3-5-16-15(12)9-26-28-16/h3-5,8-11,14,19H,6-7H2,1-2H3,(H,26,28)(H,27,33)(H,31,32)/t10?,11-,14-,19+/m1/s1. The van der Waals surface area contributed by atoms with E-state index in [-0.39, 0.29) is 30.3 Å². The average Bonchev–Trinajstić information content (AvgIpc) is 3.37. The van der Waals surface area contributed by atoms with Crippen LogP contribution in [0.3, 0.4) is 0 Å². The van der Waals surface area contributed by atoms with Crippen LogP contribution in [-0.2, 0) is 25.5 Å². The van der Waals surface area contributed by atoms with Gasteiger partial charge in [-0.05, 0) is 42.5 Å². The molecular weight excluding hydrogens is 466 g/mol. The van der Waals surface area contributed by atoms with Gasteiger partial charge in [-0.15, -0.1) is 8.78 Å². The van der Waals surface area contributed by atoms with E-state index in [0.717, 1.165) is 16.5 Å². The highest BCUT2D eigenvalue weighted by Crippen LogP contribution is 2.42. The Hall–Kier alpha value is -3.96. The molecule has 4 atom stereocenters. The van der Waals surface area contributed by atoms with Crippen LogP contribution in [0.1, 0.15) is 25.8 Å². The number of aromatic nitrogens is 2. The van der Waals surface area contributed by atoms with Crippen molar-refractivity contribution in [1.29, 1.82) is 0 Å². The number of fused-ring (bicyclic) bond motifs is 1. The number of carbonyl (C=O) groups is 3. The summed E-state index contributed by atoms with van der Waals surface area (Å²) in [6.07, 6.45) is -0.464. The zero-order valence-corrected chi connectivity index (χ0v) is 18.7. The van der Waals surface area contributed by atoms with E-state index >= 15 is 0 Å². The van der Waals surface area contributed by atoms with Gasteiger partial charge in [0.15, 0.2) is 11.8 Å². The summed E-state index contributed by atoms with van der Waals surface area (Å²) in [6, 6.07) is 2.49. The molecule has 1 aliphatic carbocycles. The van der Waals surface area contributed by atoms with Crippen LogP contribution < -0.4 is 5.32 Å². The first-order chi connectivity index (χ1) is 16.6. The number of imide groups is 1. The lowest BCUT2D eigenvalue weighted by molar-refractivity contribution is -0.336. The van der Waals surface area contributed by atoms with Crippen molar-refractivity contribution in [3.63, 3.8) is 0 Å². The lowest BCUT2D eigenvalue weighted by atomic mass is 9.82. The number of β-lactam (4-membered cyclic amide) rings is 1. The third-order valence-corrected chi connectivity index (χ3v) is 6.64. The third kappa shape index (κ3) is 3.88. The van der Waals surface area contributed by atoms with Gasteiger partial charge < -0.3 is 19.9 Å². The maximum absolute atomic E-state index is 13.4. The van der Waals surface area contributed by atoms with Crippen molar-refractivity contribution >= 4 is 28.8 Å². The van der Waals surface area contributed by atoms with E-state index in [0.29, 0.717) is 10.5 Å². The Labute approximate surface area is 197 Å². The number of amides is 3. The molecule has 0 spiro atoms. The summed E-state index contributed by atoms with van der Waals surface area (Å²) in [7, 11) is 0. The van der Waals surface area contributed by atoms with Gasteiger partial charge in [0, 0.05) is 17.8 Å². The molecule has 1 aromatic carbocycles. The number of H-pyrrole nitrogens is 1. The molecule has 3 heterocycles. The highest BCUT2D eigenvalue weighted by molar-refractivity contribution is 6.07. The molecule has 5 rings (SSSR count). The second-order valence-corrected chi connectivity index (χ2v) is 8.93. The molecule has 2 aromatic rings. The van der Waals surface area contributed by atoms with Crippen molar-refractivity contribution in [3.8, 4) is 0 Å². The molecular formula is C23H22F2N4O6. The molecule has 184 valence electrons. The Kier molecular flexibility index (Phi) is 5.26. The first-order valence-corrected chi connectivity index (χ1v) is 11.0. The fourth-order valence-electron chi connectivity index (χ4n) is 4.93. The molecule has 1 saturated heterocycles. The monoisotopic (exact) mass is 488 g/mol.